The number of carboxylic acids is 2. The zero-order chi connectivity index (χ0) is 11.1. The Kier molecular flexibility index (Phi) is 5.82. The first-order chi connectivity index (χ1) is 6.50. The van der Waals surface area contributed by atoms with E-state index in [4.69, 9.17) is 10.2 Å². The van der Waals surface area contributed by atoms with E-state index in [9.17, 15) is 9.59 Å². The zero-order valence-electron chi connectivity index (χ0n) is 8.28. The molecule has 0 bridgehead atoms. The van der Waals surface area contributed by atoms with Crippen LogP contribution in [0.5, 0.6) is 0 Å². The van der Waals surface area contributed by atoms with E-state index in [1.54, 1.807) is 7.05 Å². The van der Waals surface area contributed by atoms with Crippen molar-refractivity contribution in [3.05, 3.63) is 0 Å². The molecule has 0 rings (SSSR count). The molecule has 0 heterocycles. The van der Waals surface area contributed by atoms with Crippen molar-refractivity contribution in [2.45, 2.75) is 13.0 Å². The Morgan fingerprint density at radius 1 is 1.21 bits per heavy atom. The second-order valence-corrected chi connectivity index (χ2v) is 3.00. The molecule has 6 heteroatoms. The molecule has 0 aliphatic heterocycles. The van der Waals surface area contributed by atoms with Crippen LogP contribution in [0.3, 0.4) is 0 Å². The summed E-state index contributed by atoms with van der Waals surface area (Å²) < 4.78 is 0. The predicted octanol–water partition coefficient (Wildman–Crippen LogP) is -1.03. The normalized spacial score (nSPS) is 14.7. The number of carbonyl (C=O) groups is 2. The number of hydrogen-bond acceptors (Lipinski definition) is 4. The second kappa shape index (κ2) is 6.33. The summed E-state index contributed by atoms with van der Waals surface area (Å²) in [6.45, 7) is 2.38. The molecule has 0 aromatic carbocycles. The van der Waals surface area contributed by atoms with Gasteiger partial charge in [0, 0.05) is 13.1 Å². The van der Waals surface area contributed by atoms with Crippen LogP contribution >= 0.6 is 0 Å². The van der Waals surface area contributed by atoms with Crippen LogP contribution in [0.1, 0.15) is 6.92 Å². The standard InChI is InChI=1S/C8H16N2O4/c1-5(7(11)12)6(8(13)14)10-4-3-9-2/h5-6,9-10H,3-4H2,1-2H3,(H,11,12)(H,13,14). The number of carboxylic acid groups (broad SMARTS) is 2. The molecule has 4 N–H and O–H groups in total. The summed E-state index contributed by atoms with van der Waals surface area (Å²) in [6, 6.07) is -1.04. The lowest BCUT2D eigenvalue weighted by molar-refractivity contribution is -0.150. The minimum absolute atomic E-state index is 0.422. The molecular formula is C8H16N2O4. The van der Waals surface area contributed by atoms with E-state index in [-0.39, 0.29) is 0 Å². The van der Waals surface area contributed by atoms with Crippen LogP contribution in [0.25, 0.3) is 0 Å². The van der Waals surface area contributed by atoms with Crippen molar-refractivity contribution in [2.75, 3.05) is 20.1 Å². The van der Waals surface area contributed by atoms with Crippen LogP contribution in [0.4, 0.5) is 0 Å². The molecule has 0 saturated carbocycles. The molecule has 0 aliphatic rings. The molecule has 0 saturated heterocycles. The molecule has 0 spiro atoms. The minimum atomic E-state index is -1.14. The first-order valence-electron chi connectivity index (χ1n) is 4.34. The van der Waals surface area contributed by atoms with E-state index in [1.807, 2.05) is 0 Å². The molecule has 2 unspecified atom stereocenters. The van der Waals surface area contributed by atoms with Gasteiger partial charge in [0.05, 0.1) is 5.92 Å². The van der Waals surface area contributed by atoms with Crippen LogP contribution in [0.15, 0.2) is 0 Å². The van der Waals surface area contributed by atoms with Crippen molar-refractivity contribution >= 4 is 11.9 Å². The quantitative estimate of drug-likeness (QED) is 0.396. The molecule has 0 aliphatic carbocycles. The topological polar surface area (TPSA) is 98.7 Å². The molecule has 82 valence electrons. The molecule has 2 atom stereocenters. The van der Waals surface area contributed by atoms with E-state index >= 15 is 0 Å². The molecule has 0 aromatic heterocycles. The monoisotopic (exact) mass is 204 g/mol. The Labute approximate surface area is 82.3 Å². The highest BCUT2D eigenvalue weighted by Crippen LogP contribution is 2.03. The summed E-state index contributed by atoms with van der Waals surface area (Å²) in [6.07, 6.45) is 0. The second-order valence-electron chi connectivity index (χ2n) is 3.00. The Bertz CT molecular complexity index is 208. The molecule has 0 aromatic rings. The maximum absolute atomic E-state index is 10.7. The van der Waals surface area contributed by atoms with E-state index in [0.717, 1.165) is 0 Å². The van der Waals surface area contributed by atoms with Gasteiger partial charge in [0.1, 0.15) is 6.04 Å². The Morgan fingerprint density at radius 2 is 1.79 bits per heavy atom. The predicted molar refractivity (Wildman–Crippen MR) is 50.2 cm³/mol. The average molecular weight is 204 g/mol. The first-order valence-corrected chi connectivity index (χ1v) is 4.34. The zero-order valence-corrected chi connectivity index (χ0v) is 8.28. The van der Waals surface area contributed by atoms with Gasteiger partial charge in [-0.1, -0.05) is 0 Å². The van der Waals surface area contributed by atoms with E-state index in [2.05, 4.69) is 10.6 Å². The van der Waals surface area contributed by atoms with Crippen LogP contribution in [-0.4, -0.2) is 48.3 Å². The van der Waals surface area contributed by atoms with Gasteiger partial charge < -0.3 is 20.8 Å². The highest BCUT2D eigenvalue weighted by molar-refractivity contribution is 5.82. The highest BCUT2D eigenvalue weighted by atomic mass is 16.4. The lowest BCUT2D eigenvalue weighted by Crippen LogP contribution is -2.46. The Hall–Kier alpha value is -1.14. The SMILES string of the molecule is CNCCNC(C(=O)O)C(C)C(=O)O. The number of nitrogens with one attached hydrogen (secondary N) is 2. The van der Waals surface area contributed by atoms with Crippen molar-refractivity contribution < 1.29 is 19.8 Å². The van der Waals surface area contributed by atoms with Crippen molar-refractivity contribution in [1.82, 2.24) is 10.6 Å². The minimum Gasteiger partial charge on any atom is -0.481 e. The smallest absolute Gasteiger partial charge is 0.321 e. The largest absolute Gasteiger partial charge is 0.481 e. The molecule has 14 heavy (non-hydrogen) atoms. The van der Waals surface area contributed by atoms with E-state index in [1.165, 1.54) is 6.92 Å². The van der Waals surface area contributed by atoms with Gasteiger partial charge in [0.25, 0.3) is 0 Å². The van der Waals surface area contributed by atoms with Crippen molar-refractivity contribution in [3.8, 4) is 0 Å². The fourth-order valence-corrected chi connectivity index (χ4v) is 0.973. The van der Waals surface area contributed by atoms with Gasteiger partial charge >= 0.3 is 11.9 Å². The van der Waals surface area contributed by atoms with Gasteiger partial charge in [-0.25, -0.2) is 0 Å². The van der Waals surface area contributed by atoms with Gasteiger partial charge in [-0.3, -0.25) is 9.59 Å². The fourth-order valence-electron chi connectivity index (χ4n) is 0.973. The number of aliphatic carboxylic acids is 2. The van der Waals surface area contributed by atoms with Crippen LogP contribution in [0, 0.1) is 5.92 Å². The maximum Gasteiger partial charge on any atom is 0.321 e. The number of likely N-dealkylation sites (N-methyl/N-ethyl adjacent to an activating group) is 1. The van der Waals surface area contributed by atoms with Gasteiger partial charge in [-0.05, 0) is 14.0 Å². The number of rotatable bonds is 7. The lowest BCUT2D eigenvalue weighted by Gasteiger charge is -2.17. The third-order valence-electron chi connectivity index (χ3n) is 1.89. The highest BCUT2D eigenvalue weighted by Gasteiger charge is 2.28. The average Bonchev–Trinajstić information content (AvgIpc) is 2.10. The van der Waals surface area contributed by atoms with Crippen LogP contribution in [-0.2, 0) is 9.59 Å². The summed E-state index contributed by atoms with van der Waals surface area (Å²) in [5.74, 6) is -3.20. The van der Waals surface area contributed by atoms with Crippen LogP contribution in [0.2, 0.25) is 0 Å². The summed E-state index contributed by atoms with van der Waals surface area (Å²) in [7, 11) is 1.73. The summed E-state index contributed by atoms with van der Waals surface area (Å²) in [4.78, 5) is 21.3. The Balaban J connectivity index is 4.15. The summed E-state index contributed by atoms with van der Waals surface area (Å²) in [5.41, 5.74) is 0. The summed E-state index contributed by atoms with van der Waals surface area (Å²) >= 11 is 0. The van der Waals surface area contributed by atoms with Gasteiger partial charge in [0.15, 0.2) is 0 Å². The van der Waals surface area contributed by atoms with Crippen molar-refractivity contribution in [2.24, 2.45) is 5.92 Å². The first kappa shape index (κ1) is 12.9. The number of hydrogen-bond donors (Lipinski definition) is 4. The molecule has 6 nitrogen and oxygen atoms in total. The lowest BCUT2D eigenvalue weighted by atomic mass is 10.0. The molecule has 0 amide bonds. The van der Waals surface area contributed by atoms with Crippen LogP contribution < -0.4 is 10.6 Å². The summed E-state index contributed by atoms with van der Waals surface area (Å²) in [5, 5.41) is 22.9. The molecule has 0 fully saturated rings. The van der Waals surface area contributed by atoms with E-state index in [0.29, 0.717) is 13.1 Å². The third-order valence-corrected chi connectivity index (χ3v) is 1.89. The maximum atomic E-state index is 10.7. The van der Waals surface area contributed by atoms with Gasteiger partial charge in [-0.2, -0.15) is 0 Å². The Morgan fingerprint density at radius 3 is 2.14 bits per heavy atom. The third kappa shape index (κ3) is 4.20. The van der Waals surface area contributed by atoms with Crippen molar-refractivity contribution in [1.29, 1.82) is 0 Å². The molecule has 0 radical (unpaired) electrons. The van der Waals surface area contributed by atoms with E-state index < -0.39 is 23.9 Å². The molecular weight excluding hydrogens is 188 g/mol. The van der Waals surface area contributed by atoms with Crippen molar-refractivity contribution in [3.63, 3.8) is 0 Å². The fraction of sp³-hybridized carbons (Fsp3) is 0.750. The van der Waals surface area contributed by atoms with Gasteiger partial charge in [-0.15, -0.1) is 0 Å². The van der Waals surface area contributed by atoms with Gasteiger partial charge in [0.2, 0.25) is 0 Å².